The fourth-order valence-corrected chi connectivity index (χ4v) is 5.34. The highest BCUT2D eigenvalue weighted by molar-refractivity contribution is 14.0. The molecular weight excluding hydrogens is 537 g/mol. The number of likely N-dealkylation sites (tertiary alicyclic amines) is 2. The Labute approximate surface area is 211 Å². The Morgan fingerprint density at radius 1 is 1.03 bits per heavy atom. The second-order valence-electron chi connectivity index (χ2n) is 9.09. The molecule has 1 aromatic carbocycles. The second kappa shape index (κ2) is 12.5. The van der Waals surface area contributed by atoms with E-state index in [2.05, 4.69) is 32.5 Å². The molecule has 3 rings (SSSR count). The molecule has 0 aliphatic carbocycles. The fourth-order valence-electron chi connectivity index (χ4n) is 4.71. The summed E-state index contributed by atoms with van der Waals surface area (Å²) in [6.07, 6.45) is 8.41. The molecular formula is C23H40IN5O2S. The molecule has 0 atom stereocenters. The van der Waals surface area contributed by atoms with Gasteiger partial charge in [0.25, 0.3) is 0 Å². The van der Waals surface area contributed by atoms with Crippen molar-refractivity contribution in [2.45, 2.75) is 49.0 Å². The minimum Gasteiger partial charge on any atom is -0.356 e. The Morgan fingerprint density at radius 3 is 2.22 bits per heavy atom. The van der Waals surface area contributed by atoms with E-state index in [0.717, 1.165) is 44.1 Å². The summed E-state index contributed by atoms with van der Waals surface area (Å²) in [7, 11) is 0.891. The van der Waals surface area contributed by atoms with E-state index in [1.165, 1.54) is 51.4 Å². The lowest BCUT2D eigenvalue weighted by atomic mass is 9.84. The van der Waals surface area contributed by atoms with Gasteiger partial charge in [0.1, 0.15) is 0 Å². The fraction of sp³-hybridized carbons (Fsp3) is 0.696. The molecule has 2 saturated heterocycles. The maximum absolute atomic E-state index is 11.6. The third-order valence-electron chi connectivity index (χ3n) is 6.81. The molecule has 0 aromatic heterocycles. The van der Waals surface area contributed by atoms with Gasteiger partial charge in [-0.15, -0.1) is 24.0 Å². The lowest BCUT2D eigenvalue weighted by Gasteiger charge is -2.50. The van der Waals surface area contributed by atoms with Crippen molar-refractivity contribution in [2.24, 2.45) is 4.99 Å². The zero-order valence-electron chi connectivity index (χ0n) is 19.8. The third-order valence-corrected chi connectivity index (χ3v) is 7.94. The van der Waals surface area contributed by atoms with Gasteiger partial charge in [0, 0.05) is 31.9 Å². The predicted octanol–water partition coefficient (Wildman–Crippen LogP) is 2.37. The molecule has 32 heavy (non-hydrogen) atoms. The Hall–Kier alpha value is -0.910. The number of hydrogen-bond acceptors (Lipinski definition) is 5. The molecule has 9 heteroatoms. The summed E-state index contributed by atoms with van der Waals surface area (Å²) in [5.74, 6) is 0.836. The van der Waals surface area contributed by atoms with Crippen molar-refractivity contribution in [1.82, 2.24) is 20.4 Å². The molecule has 1 aromatic rings. The first-order valence-electron chi connectivity index (χ1n) is 11.5. The van der Waals surface area contributed by atoms with Gasteiger partial charge in [-0.25, -0.2) is 8.42 Å². The standard InChI is InChI=1S/C23H39N5O2S.HI/c1-24-22(25-14-11-20-7-9-21(10-8-20)31(3,29)30)26-19-23(12-17-27(2)18-13-23)28-15-5-4-6-16-28;/h7-10H,4-6,11-19H2,1-3H3,(H2,24,25,26);1H. The summed E-state index contributed by atoms with van der Waals surface area (Å²) in [6, 6.07) is 7.14. The molecule has 0 unspecified atom stereocenters. The van der Waals surface area contributed by atoms with Crippen LogP contribution in [0, 0.1) is 0 Å². The number of halogens is 1. The maximum Gasteiger partial charge on any atom is 0.191 e. The van der Waals surface area contributed by atoms with Crippen LogP contribution in [-0.2, 0) is 16.3 Å². The molecule has 2 fully saturated rings. The minimum atomic E-state index is -3.15. The van der Waals surface area contributed by atoms with E-state index < -0.39 is 9.84 Å². The van der Waals surface area contributed by atoms with E-state index in [4.69, 9.17) is 0 Å². The second-order valence-corrected chi connectivity index (χ2v) is 11.1. The number of guanidine groups is 1. The van der Waals surface area contributed by atoms with Crippen molar-refractivity contribution in [3.8, 4) is 0 Å². The highest BCUT2D eigenvalue weighted by Crippen LogP contribution is 2.30. The molecule has 2 N–H and O–H groups in total. The van der Waals surface area contributed by atoms with Crippen molar-refractivity contribution in [1.29, 1.82) is 0 Å². The highest BCUT2D eigenvalue weighted by Gasteiger charge is 2.39. The molecule has 2 heterocycles. The number of hydrogen-bond donors (Lipinski definition) is 2. The maximum atomic E-state index is 11.6. The lowest BCUT2D eigenvalue weighted by molar-refractivity contribution is 0.0173. The van der Waals surface area contributed by atoms with E-state index in [-0.39, 0.29) is 29.5 Å². The van der Waals surface area contributed by atoms with Crippen LogP contribution in [0.25, 0.3) is 0 Å². The average Bonchev–Trinajstić information content (AvgIpc) is 2.78. The largest absolute Gasteiger partial charge is 0.356 e. The van der Waals surface area contributed by atoms with E-state index in [1.54, 1.807) is 12.1 Å². The molecule has 0 amide bonds. The number of aliphatic imine (C=N–C) groups is 1. The van der Waals surface area contributed by atoms with Crippen LogP contribution < -0.4 is 10.6 Å². The van der Waals surface area contributed by atoms with Crippen molar-refractivity contribution < 1.29 is 8.42 Å². The van der Waals surface area contributed by atoms with Crippen molar-refractivity contribution in [3.05, 3.63) is 29.8 Å². The normalized spacial score (nSPS) is 20.4. The zero-order valence-corrected chi connectivity index (χ0v) is 22.9. The zero-order chi connectivity index (χ0) is 22.3. The van der Waals surface area contributed by atoms with Gasteiger partial charge in [-0.2, -0.15) is 0 Å². The van der Waals surface area contributed by atoms with Gasteiger partial charge in [0.2, 0.25) is 0 Å². The first kappa shape index (κ1) is 27.3. The highest BCUT2D eigenvalue weighted by atomic mass is 127. The van der Waals surface area contributed by atoms with Crippen LogP contribution in [0.1, 0.15) is 37.7 Å². The molecule has 0 bridgehead atoms. The minimum absolute atomic E-state index is 0. The van der Waals surface area contributed by atoms with Crippen molar-refractivity contribution in [3.63, 3.8) is 0 Å². The lowest BCUT2D eigenvalue weighted by Crippen LogP contribution is -2.62. The summed E-state index contributed by atoms with van der Waals surface area (Å²) in [5, 5.41) is 7.03. The average molecular weight is 578 g/mol. The van der Waals surface area contributed by atoms with Gasteiger partial charge in [0.15, 0.2) is 15.8 Å². The van der Waals surface area contributed by atoms with Crippen LogP contribution in [0.5, 0.6) is 0 Å². The summed E-state index contributed by atoms with van der Waals surface area (Å²) in [4.78, 5) is 9.96. The molecule has 0 saturated carbocycles. The SMILES string of the molecule is CN=C(NCCc1ccc(S(C)(=O)=O)cc1)NCC1(N2CCCCC2)CCN(C)CC1.I. The number of sulfone groups is 1. The Bertz CT molecular complexity index is 830. The number of benzene rings is 1. The van der Waals surface area contributed by atoms with Crippen LogP contribution in [0.3, 0.4) is 0 Å². The van der Waals surface area contributed by atoms with Gasteiger partial charge in [-0.3, -0.25) is 9.89 Å². The molecule has 182 valence electrons. The van der Waals surface area contributed by atoms with Gasteiger partial charge in [-0.1, -0.05) is 18.6 Å². The van der Waals surface area contributed by atoms with Gasteiger partial charge >= 0.3 is 0 Å². The van der Waals surface area contributed by atoms with Gasteiger partial charge in [0.05, 0.1) is 4.90 Å². The number of rotatable bonds is 7. The molecule has 7 nitrogen and oxygen atoms in total. The van der Waals surface area contributed by atoms with Crippen LogP contribution in [0.4, 0.5) is 0 Å². The smallest absolute Gasteiger partial charge is 0.191 e. The van der Waals surface area contributed by atoms with Gasteiger partial charge in [-0.05, 0) is 83.0 Å². The Balaban J connectivity index is 0.00000363. The summed E-state index contributed by atoms with van der Waals surface area (Å²) in [5.41, 5.74) is 1.32. The number of nitrogens with zero attached hydrogens (tertiary/aromatic N) is 3. The summed E-state index contributed by atoms with van der Waals surface area (Å²) in [6.45, 7) is 6.38. The van der Waals surface area contributed by atoms with Crippen molar-refractivity contribution >= 4 is 39.8 Å². The van der Waals surface area contributed by atoms with E-state index in [9.17, 15) is 8.42 Å². The first-order chi connectivity index (χ1) is 14.8. The topological polar surface area (TPSA) is 77.0 Å². The summed E-state index contributed by atoms with van der Waals surface area (Å²) < 4.78 is 23.2. The molecule has 2 aliphatic rings. The summed E-state index contributed by atoms with van der Waals surface area (Å²) >= 11 is 0. The molecule has 0 radical (unpaired) electrons. The van der Waals surface area contributed by atoms with Crippen LogP contribution in [0.2, 0.25) is 0 Å². The van der Waals surface area contributed by atoms with Gasteiger partial charge < -0.3 is 15.5 Å². The Kier molecular flexibility index (Phi) is 10.7. The van der Waals surface area contributed by atoms with Crippen LogP contribution in [-0.4, -0.2) is 89.3 Å². The van der Waals surface area contributed by atoms with Crippen LogP contribution >= 0.6 is 24.0 Å². The van der Waals surface area contributed by atoms with Crippen molar-refractivity contribution in [2.75, 3.05) is 59.6 Å². The third kappa shape index (κ3) is 7.56. The monoisotopic (exact) mass is 577 g/mol. The first-order valence-corrected chi connectivity index (χ1v) is 13.4. The van der Waals surface area contributed by atoms with E-state index in [1.807, 2.05) is 19.2 Å². The quantitative estimate of drug-likeness (QED) is 0.295. The molecule has 0 spiro atoms. The van der Waals surface area contributed by atoms with E-state index >= 15 is 0 Å². The van der Waals surface area contributed by atoms with Crippen LogP contribution in [0.15, 0.2) is 34.2 Å². The Morgan fingerprint density at radius 2 is 1.66 bits per heavy atom. The number of piperidine rings is 2. The number of nitrogens with one attached hydrogen (secondary N) is 2. The van der Waals surface area contributed by atoms with E-state index in [0.29, 0.717) is 4.90 Å². The molecule has 2 aliphatic heterocycles. The predicted molar refractivity (Wildman–Crippen MR) is 143 cm³/mol.